The molecule has 1 aliphatic heterocycles. The Bertz CT molecular complexity index is 459. The highest BCUT2D eigenvalue weighted by Gasteiger charge is 2.31. The predicted molar refractivity (Wildman–Crippen MR) is 66.8 cm³/mol. The number of benzene rings is 1. The molecule has 0 aliphatic carbocycles. The van der Waals surface area contributed by atoms with Crippen molar-refractivity contribution < 1.29 is 9.00 Å². The van der Waals surface area contributed by atoms with E-state index in [1.54, 1.807) is 12.1 Å². The first-order chi connectivity index (χ1) is 7.59. The topological polar surface area (TPSA) is 34.1 Å². The second-order valence-corrected chi connectivity index (χ2v) is 6.29. The van der Waals surface area contributed by atoms with Crippen molar-refractivity contribution in [3.8, 4) is 0 Å². The predicted octanol–water partition coefficient (Wildman–Crippen LogP) is 3.09. The Kier molecular flexibility index (Phi) is 3.67. The summed E-state index contributed by atoms with van der Waals surface area (Å²) in [6.45, 7) is 0. The van der Waals surface area contributed by atoms with Gasteiger partial charge in [0.25, 0.3) is 0 Å². The summed E-state index contributed by atoms with van der Waals surface area (Å²) in [6.07, 6.45) is 1.53. The number of carbonyl (C=O) groups excluding carboxylic acids is 1. The first-order valence-corrected chi connectivity index (χ1v) is 7.10. The summed E-state index contributed by atoms with van der Waals surface area (Å²) in [4.78, 5) is 12.1. The number of ketones is 1. The molecule has 1 fully saturated rings. The second-order valence-electron chi connectivity index (χ2n) is 3.70. The molecule has 0 spiro atoms. The van der Waals surface area contributed by atoms with E-state index < -0.39 is 16.0 Å². The van der Waals surface area contributed by atoms with E-state index in [0.717, 1.165) is 6.42 Å². The highest BCUT2D eigenvalue weighted by atomic mass is 35.5. The van der Waals surface area contributed by atoms with Crippen molar-refractivity contribution in [2.45, 2.75) is 18.1 Å². The van der Waals surface area contributed by atoms with Crippen molar-refractivity contribution in [3.05, 3.63) is 33.8 Å². The van der Waals surface area contributed by atoms with Gasteiger partial charge >= 0.3 is 0 Å². The lowest BCUT2D eigenvalue weighted by atomic mass is 10.1. The number of halogens is 2. The van der Waals surface area contributed by atoms with Crippen LogP contribution >= 0.6 is 23.2 Å². The van der Waals surface area contributed by atoms with Gasteiger partial charge in [-0.05, 0) is 31.0 Å². The molecule has 86 valence electrons. The molecule has 0 saturated carbocycles. The zero-order valence-electron chi connectivity index (χ0n) is 8.41. The van der Waals surface area contributed by atoms with Crippen LogP contribution in [0.1, 0.15) is 23.2 Å². The third-order valence-corrected chi connectivity index (χ3v) is 4.94. The molecule has 1 aromatic rings. The van der Waals surface area contributed by atoms with Gasteiger partial charge < -0.3 is 0 Å². The summed E-state index contributed by atoms with van der Waals surface area (Å²) >= 11 is 11.7. The molecule has 1 heterocycles. The highest BCUT2D eigenvalue weighted by Crippen LogP contribution is 2.26. The summed E-state index contributed by atoms with van der Waals surface area (Å²) in [5.74, 6) is 0.485. The van der Waals surface area contributed by atoms with E-state index in [4.69, 9.17) is 23.2 Å². The Hall–Kier alpha value is -0.380. The van der Waals surface area contributed by atoms with Gasteiger partial charge in [0.15, 0.2) is 5.78 Å². The molecule has 5 heteroatoms. The molecule has 2 atom stereocenters. The summed E-state index contributed by atoms with van der Waals surface area (Å²) < 4.78 is 11.6. The van der Waals surface area contributed by atoms with Crippen molar-refractivity contribution in [3.63, 3.8) is 0 Å². The van der Waals surface area contributed by atoms with Gasteiger partial charge in [0, 0.05) is 27.1 Å². The van der Waals surface area contributed by atoms with E-state index in [0.29, 0.717) is 27.8 Å². The van der Waals surface area contributed by atoms with Crippen molar-refractivity contribution in [2.75, 3.05) is 5.75 Å². The molecule has 0 aromatic heterocycles. The lowest BCUT2D eigenvalue weighted by Gasteiger charge is -2.08. The SMILES string of the molecule is O=C(c1ccc(Cl)cc1Cl)C1CCCS1=O. The van der Waals surface area contributed by atoms with Gasteiger partial charge in [-0.25, -0.2) is 0 Å². The van der Waals surface area contributed by atoms with Crippen LogP contribution in [0.5, 0.6) is 0 Å². The average molecular weight is 277 g/mol. The fourth-order valence-electron chi connectivity index (χ4n) is 1.80. The molecule has 0 N–H and O–H groups in total. The number of hydrogen-bond acceptors (Lipinski definition) is 2. The van der Waals surface area contributed by atoms with E-state index in [9.17, 15) is 9.00 Å². The lowest BCUT2D eigenvalue weighted by Crippen LogP contribution is -2.22. The van der Waals surface area contributed by atoms with Crippen LogP contribution in [0, 0.1) is 0 Å². The molecule has 2 rings (SSSR count). The number of hydrogen-bond donors (Lipinski definition) is 0. The number of Topliss-reactive ketones (excluding diaryl/α,β-unsaturated/α-hetero) is 1. The quantitative estimate of drug-likeness (QED) is 0.778. The smallest absolute Gasteiger partial charge is 0.179 e. The maximum Gasteiger partial charge on any atom is 0.179 e. The molecule has 1 saturated heterocycles. The van der Waals surface area contributed by atoms with Crippen LogP contribution in [0.25, 0.3) is 0 Å². The minimum atomic E-state index is -1.05. The second kappa shape index (κ2) is 4.86. The fourth-order valence-corrected chi connectivity index (χ4v) is 3.83. The van der Waals surface area contributed by atoms with Gasteiger partial charge in [-0.1, -0.05) is 23.2 Å². The Morgan fingerprint density at radius 1 is 1.38 bits per heavy atom. The van der Waals surface area contributed by atoms with Gasteiger partial charge in [0.05, 0.1) is 10.3 Å². The van der Waals surface area contributed by atoms with Crippen LogP contribution < -0.4 is 0 Å². The molecule has 16 heavy (non-hydrogen) atoms. The van der Waals surface area contributed by atoms with E-state index in [2.05, 4.69) is 0 Å². The van der Waals surface area contributed by atoms with E-state index >= 15 is 0 Å². The largest absolute Gasteiger partial charge is 0.293 e. The van der Waals surface area contributed by atoms with Crippen LogP contribution in [-0.2, 0) is 10.8 Å². The molecular formula is C11H10Cl2O2S. The molecular weight excluding hydrogens is 267 g/mol. The first-order valence-electron chi connectivity index (χ1n) is 4.96. The van der Waals surface area contributed by atoms with E-state index in [1.807, 2.05) is 0 Å². The van der Waals surface area contributed by atoms with Gasteiger partial charge in [-0.15, -0.1) is 0 Å². The summed E-state index contributed by atoms with van der Waals surface area (Å²) in [5.41, 5.74) is 0.423. The Balaban J connectivity index is 2.30. The van der Waals surface area contributed by atoms with Crippen molar-refractivity contribution in [1.29, 1.82) is 0 Å². The average Bonchev–Trinajstić information content (AvgIpc) is 2.63. The molecule has 2 nitrogen and oxygen atoms in total. The van der Waals surface area contributed by atoms with Crippen LogP contribution in [-0.4, -0.2) is 21.0 Å². The summed E-state index contributed by atoms with van der Waals surface area (Å²) in [7, 11) is -1.05. The standard InChI is InChI=1S/C11H10Cl2O2S/c12-7-3-4-8(9(13)6-7)11(14)10-2-1-5-16(10)15/h3-4,6,10H,1-2,5H2. The minimum absolute atomic E-state index is 0.127. The Morgan fingerprint density at radius 3 is 2.69 bits per heavy atom. The highest BCUT2D eigenvalue weighted by molar-refractivity contribution is 7.86. The van der Waals surface area contributed by atoms with Crippen molar-refractivity contribution in [2.24, 2.45) is 0 Å². The van der Waals surface area contributed by atoms with Gasteiger partial charge in [-0.3, -0.25) is 9.00 Å². The van der Waals surface area contributed by atoms with Crippen LogP contribution in [0.2, 0.25) is 10.0 Å². The van der Waals surface area contributed by atoms with Crippen LogP contribution in [0.4, 0.5) is 0 Å². The summed E-state index contributed by atoms with van der Waals surface area (Å²) in [6, 6.07) is 4.76. The van der Waals surface area contributed by atoms with Crippen molar-refractivity contribution in [1.82, 2.24) is 0 Å². The minimum Gasteiger partial charge on any atom is -0.293 e. The van der Waals surface area contributed by atoms with Gasteiger partial charge in [0.2, 0.25) is 0 Å². The Labute approximate surface area is 106 Å². The van der Waals surface area contributed by atoms with E-state index in [1.165, 1.54) is 6.07 Å². The lowest BCUT2D eigenvalue weighted by molar-refractivity contribution is 0.0987. The normalized spacial score (nSPS) is 24.6. The summed E-state index contributed by atoms with van der Waals surface area (Å²) in [5, 5.41) is 0.439. The molecule has 0 bridgehead atoms. The number of rotatable bonds is 2. The van der Waals surface area contributed by atoms with E-state index in [-0.39, 0.29) is 5.78 Å². The van der Waals surface area contributed by atoms with Gasteiger partial charge in [0.1, 0.15) is 0 Å². The zero-order valence-corrected chi connectivity index (χ0v) is 10.7. The molecule has 0 amide bonds. The molecule has 2 unspecified atom stereocenters. The molecule has 1 aliphatic rings. The van der Waals surface area contributed by atoms with Gasteiger partial charge in [-0.2, -0.15) is 0 Å². The molecule has 0 radical (unpaired) electrons. The first kappa shape index (κ1) is 12.1. The van der Waals surface area contributed by atoms with Crippen molar-refractivity contribution >= 4 is 39.8 Å². The zero-order chi connectivity index (χ0) is 11.7. The van der Waals surface area contributed by atoms with Crippen LogP contribution in [0.15, 0.2) is 18.2 Å². The monoisotopic (exact) mass is 276 g/mol. The third kappa shape index (κ3) is 2.31. The Morgan fingerprint density at radius 2 is 2.12 bits per heavy atom. The number of carbonyl (C=O) groups is 1. The molecule has 1 aromatic carbocycles. The fraction of sp³-hybridized carbons (Fsp3) is 0.364. The maximum absolute atomic E-state index is 12.1. The van der Waals surface area contributed by atoms with Crippen LogP contribution in [0.3, 0.4) is 0 Å². The maximum atomic E-state index is 12.1. The third-order valence-electron chi connectivity index (χ3n) is 2.62.